The van der Waals surface area contributed by atoms with E-state index >= 15 is 0 Å². The number of nitrogens with one attached hydrogen (secondary N) is 1. The van der Waals surface area contributed by atoms with Crippen LogP contribution in [0.5, 0.6) is 11.5 Å². The van der Waals surface area contributed by atoms with Gasteiger partial charge in [-0.05, 0) is 6.42 Å². The maximum Gasteiger partial charge on any atom is 0.210 e. The number of pyridine rings is 1. The molecule has 6 heterocycles. The Kier molecular flexibility index (Phi) is 5.97. The summed E-state index contributed by atoms with van der Waals surface area (Å²) in [4.78, 5) is 13.3. The summed E-state index contributed by atoms with van der Waals surface area (Å²) in [5.41, 5.74) is 2.59. The first-order valence-corrected chi connectivity index (χ1v) is 12.7. The number of fused-ring (bicyclic) bond motifs is 2. The predicted molar refractivity (Wildman–Crippen MR) is 141 cm³/mol. The van der Waals surface area contributed by atoms with Crippen molar-refractivity contribution in [3.05, 3.63) is 47.6 Å². The highest BCUT2D eigenvalue weighted by Gasteiger charge is 2.34. The normalized spacial score (nSPS) is 18.1. The molecular formula is C25H28ClN9O3. The molecule has 0 aliphatic carbocycles. The molecule has 38 heavy (non-hydrogen) atoms. The van der Waals surface area contributed by atoms with E-state index in [4.69, 9.17) is 26.2 Å². The molecule has 1 fully saturated rings. The summed E-state index contributed by atoms with van der Waals surface area (Å²) < 4.78 is 17.1. The van der Waals surface area contributed by atoms with Gasteiger partial charge in [0.25, 0.3) is 0 Å². The minimum atomic E-state index is -0.287. The number of hydrogen-bond donors (Lipinski definition) is 2. The highest BCUT2D eigenvalue weighted by Crippen LogP contribution is 2.37. The maximum absolute atomic E-state index is 9.80. The van der Waals surface area contributed by atoms with E-state index in [1.807, 2.05) is 22.4 Å². The van der Waals surface area contributed by atoms with Crippen LogP contribution >= 0.6 is 11.6 Å². The van der Waals surface area contributed by atoms with Crippen LogP contribution in [-0.4, -0.2) is 63.3 Å². The lowest BCUT2D eigenvalue weighted by Crippen LogP contribution is -2.29. The van der Waals surface area contributed by atoms with Crippen LogP contribution in [0.3, 0.4) is 0 Å². The van der Waals surface area contributed by atoms with E-state index in [0.29, 0.717) is 51.7 Å². The first kappa shape index (κ1) is 24.6. The third-order valence-corrected chi connectivity index (χ3v) is 7.04. The van der Waals surface area contributed by atoms with Crippen LogP contribution in [0.4, 0.5) is 11.8 Å². The van der Waals surface area contributed by atoms with E-state index < -0.39 is 0 Å². The van der Waals surface area contributed by atoms with Crippen molar-refractivity contribution in [3.63, 3.8) is 0 Å². The number of imidazole rings is 2. The highest BCUT2D eigenvalue weighted by atomic mass is 35.5. The predicted octanol–water partition coefficient (Wildman–Crippen LogP) is 4.02. The third kappa shape index (κ3) is 4.24. The number of ether oxygens (including phenoxy) is 2. The molecule has 198 valence electrons. The number of anilines is 2. The van der Waals surface area contributed by atoms with Gasteiger partial charge < -0.3 is 24.5 Å². The molecule has 1 aliphatic rings. The van der Waals surface area contributed by atoms with Gasteiger partial charge in [0.1, 0.15) is 16.6 Å². The van der Waals surface area contributed by atoms with Crippen LogP contribution in [0.2, 0.25) is 5.02 Å². The van der Waals surface area contributed by atoms with Gasteiger partial charge in [-0.1, -0.05) is 32.4 Å². The van der Waals surface area contributed by atoms with Gasteiger partial charge >= 0.3 is 0 Å². The van der Waals surface area contributed by atoms with Gasteiger partial charge in [0, 0.05) is 49.3 Å². The average Bonchev–Trinajstić information content (AvgIpc) is 3.66. The van der Waals surface area contributed by atoms with Crippen LogP contribution in [0.15, 0.2) is 36.9 Å². The molecule has 5 aromatic heterocycles. The minimum absolute atomic E-state index is 0.0447. The van der Waals surface area contributed by atoms with Crippen LogP contribution in [0.1, 0.15) is 38.9 Å². The van der Waals surface area contributed by atoms with Crippen molar-refractivity contribution in [2.24, 2.45) is 7.05 Å². The number of aryl methyl sites for hydroxylation is 1. The standard InChI is InChI=1S/C25H28ClN9O3/c1-25(2,3)18-10-19(32-35(18)15-5-8-37-17(15)13-36)30-24-31-23-22(33(24)4)21(26)16(12-28-23)38-14-9-20-27-6-7-34(20)29-11-14/h6-7,9-12,15,17,36H,5,8,13H2,1-4H3,(H,28,30,31,32)/t15-,17-/m1/s1. The van der Waals surface area contributed by atoms with Crippen LogP contribution < -0.4 is 10.1 Å². The quantitative estimate of drug-likeness (QED) is 0.330. The molecule has 5 aromatic rings. The highest BCUT2D eigenvalue weighted by molar-refractivity contribution is 6.36. The summed E-state index contributed by atoms with van der Waals surface area (Å²) in [7, 11) is 1.85. The monoisotopic (exact) mass is 537 g/mol. The Balaban J connectivity index is 1.32. The Morgan fingerprint density at radius 3 is 2.87 bits per heavy atom. The van der Waals surface area contributed by atoms with Gasteiger partial charge in [-0.15, -0.1) is 0 Å². The van der Waals surface area contributed by atoms with E-state index in [9.17, 15) is 5.11 Å². The lowest BCUT2D eigenvalue weighted by Gasteiger charge is -2.25. The van der Waals surface area contributed by atoms with Crippen LogP contribution in [-0.2, 0) is 17.2 Å². The molecule has 13 heteroatoms. The lowest BCUT2D eigenvalue weighted by atomic mass is 9.91. The minimum Gasteiger partial charge on any atom is -0.452 e. The summed E-state index contributed by atoms with van der Waals surface area (Å²) in [5.74, 6) is 2.02. The number of hydrogen-bond acceptors (Lipinski definition) is 9. The first-order valence-electron chi connectivity index (χ1n) is 12.3. The Morgan fingerprint density at radius 2 is 2.08 bits per heavy atom. The van der Waals surface area contributed by atoms with Crippen molar-refractivity contribution in [2.75, 3.05) is 18.5 Å². The van der Waals surface area contributed by atoms with Crippen LogP contribution in [0.25, 0.3) is 16.8 Å². The fourth-order valence-corrected chi connectivity index (χ4v) is 5.04. The Morgan fingerprint density at radius 1 is 1.24 bits per heavy atom. The van der Waals surface area contributed by atoms with Crippen molar-refractivity contribution < 1.29 is 14.6 Å². The molecule has 12 nitrogen and oxygen atoms in total. The molecule has 0 amide bonds. The Bertz CT molecular complexity index is 1630. The summed E-state index contributed by atoms with van der Waals surface area (Å²) >= 11 is 6.77. The number of halogens is 1. The molecule has 0 unspecified atom stereocenters. The van der Waals surface area contributed by atoms with Gasteiger partial charge in [-0.2, -0.15) is 15.2 Å². The summed E-state index contributed by atoms with van der Waals surface area (Å²) in [6, 6.07) is 3.73. The van der Waals surface area contributed by atoms with Crippen molar-refractivity contribution in [1.82, 2.24) is 38.9 Å². The zero-order valence-electron chi connectivity index (χ0n) is 21.5. The zero-order chi connectivity index (χ0) is 26.6. The van der Waals surface area contributed by atoms with E-state index in [1.54, 1.807) is 35.4 Å². The van der Waals surface area contributed by atoms with Gasteiger partial charge in [-0.25, -0.2) is 14.5 Å². The topological polar surface area (TPSA) is 129 Å². The van der Waals surface area contributed by atoms with E-state index in [0.717, 1.165) is 12.1 Å². The fourth-order valence-electron chi connectivity index (χ4n) is 4.75. The molecule has 1 saturated heterocycles. The number of rotatable bonds is 6. The number of aliphatic hydroxyl groups excluding tert-OH is 1. The molecule has 0 radical (unpaired) electrons. The van der Waals surface area contributed by atoms with E-state index in [-0.39, 0.29) is 24.2 Å². The van der Waals surface area contributed by atoms with Gasteiger partial charge in [0.05, 0.1) is 25.0 Å². The molecule has 1 aliphatic heterocycles. The summed E-state index contributed by atoms with van der Waals surface area (Å²) in [5, 5.41) is 22.6. The van der Waals surface area contributed by atoms with E-state index in [1.165, 1.54) is 0 Å². The third-order valence-electron chi connectivity index (χ3n) is 6.68. The van der Waals surface area contributed by atoms with Crippen molar-refractivity contribution >= 4 is 40.2 Å². The molecule has 6 rings (SSSR count). The second kappa shape index (κ2) is 9.22. The summed E-state index contributed by atoms with van der Waals surface area (Å²) in [6.07, 6.45) is 7.04. The molecule has 0 saturated carbocycles. The van der Waals surface area contributed by atoms with Crippen molar-refractivity contribution in [2.45, 2.75) is 44.8 Å². The lowest BCUT2D eigenvalue weighted by molar-refractivity contribution is 0.0391. The SMILES string of the molecule is Cn1c(Nc2cc(C(C)(C)C)n([C@@H]3CCO[C@@H]3CO)n2)nc2ncc(Oc3cnn4ccnc4c3)c(Cl)c21. The van der Waals surface area contributed by atoms with Gasteiger partial charge in [-0.3, -0.25) is 4.68 Å². The second-order valence-corrected chi connectivity index (χ2v) is 10.7. The molecular weight excluding hydrogens is 510 g/mol. The zero-order valence-corrected chi connectivity index (χ0v) is 22.2. The molecule has 0 bridgehead atoms. The van der Waals surface area contributed by atoms with Gasteiger partial charge in [0.15, 0.2) is 28.6 Å². The fraction of sp³-hybridized carbons (Fsp3) is 0.400. The van der Waals surface area contributed by atoms with E-state index in [2.05, 4.69) is 46.1 Å². The second-order valence-electron chi connectivity index (χ2n) is 10.3. The Hall–Kier alpha value is -3.74. The summed E-state index contributed by atoms with van der Waals surface area (Å²) in [6.45, 7) is 6.94. The molecule has 2 N–H and O–H groups in total. The number of nitrogens with zero attached hydrogens (tertiary/aromatic N) is 8. The number of aliphatic hydroxyl groups is 1. The average molecular weight is 538 g/mol. The number of aromatic nitrogens is 8. The van der Waals surface area contributed by atoms with Crippen LogP contribution in [0, 0.1) is 0 Å². The molecule has 0 spiro atoms. The van der Waals surface area contributed by atoms with Crippen molar-refractivity contribution in [3.8, 4) is 11.5 Å². The maximum atomic E-state index is 9.80. The van der Waals surface area contributed by atoms with Crippen molar-refractivity contribution in [1.29, 1.82) is 0 Å². The van der Waals surface area contributed by atoms with Gasteiger partial charge in [0.2, 0.25) is 5.95 Å². The Labute approximate surface area is 223 Å². The first-order chi connectivity index (χ1) is 18.2. The largest absolute Gasteiger partial charge is 0.452 e. The molecule has 0 aromatic carbocycles. The molecule has 2 atom stereocenters. The smallest absolute Gasteiger partial charge is 0.210 e.